The van der Waals surface area contributed by atoms with E-state index in [-0.39, 0.29) is 24.1 Å². The Morgan fingerprint density at radius 3 is 2.43 bits per heavy atom. The number of hydrogen-bond donors (Lipinski definition) is 1. The van der Waals surface area contributed by atoms with Crippen molar-refractivity contribution in [2.75, 3.05) is 10.6 Å². The van der Waals surface area contributed by atoms with E-state index in [0.29, 0.717) is 17.7 Å². The Kier molecular flexibility index (Phi) is 6.64. The zero-order valence-electron chi connectivity index (χ0n) is 20.8. The van der Waals surface area contributed by atoms with Crippen LogP contribution in [0.4, 0.5) is 5.69 Å². The summed E-state index contributed by atoms with van der Waals surface area (Å²) in [5, 5.41) is 3.15. The van der Waals surface area contributed by atoms with Gasteiger partial charge < -0.3 is 10.1 Å². The number of ether oxygens (including phenoxy) is 1. The van der Waals surface area contributed by atoms with E-state index in [9.17, 15) is 13.2 Å². The van der Waals surface area contributed by atoms with E-state index in [4.69, 9.17) is 4.74 Å². The highest BCUT2D eigenvalue weighted by atomic mass is 32.2. The largest absolute Gasteiger partial charge is 0.487 e. The first-order valence-corrected chi connectivity index (χ1v) is 13.5. The van der Waals surface area contributed by atoms with Gasteiger partial charge in [0.2, 0.25) is 10.0 Å². The van der Waals surface area contributed by atoms with Crippen LogP contribution in [-0.4, -0.2) is 26.2 Å². The van der Waals surface area contributed by atoms with Crippen LogP contribution in [0.1, 0.15) is 58.9 Å². The second-order valence-electron chi connectivity index (χ2n) is 9.89. The van der Waals surface area contributed by atoms with E-state index in [1.165, 1.54) is 10.6 Å². The van der Waals surface area contributed by atoms with Crippen molar-refractivity contribution in [1.29, 1.82) is 0 Å². The minimum Gasteiger partial charge on any atom is -0.487 e. The number of rotatable bonds is 6. The van der Waals surface area contributed by atoms with Crippen molar-refractivity contribution in [2.45, 2.75) is 52.3 Å². The molecule has 35 heavy (non-hydrogen) atoms. The highest BCUT2D eigenvalue weighted by Gasteiger charge is 2.34. The molecule has 0 bridgehead atoms. The number of nitrogens with zero attached hydrogens (tertiary/aromatic N) is 1. The Balaban J connectivity index is 1.53. The third-order valence-corrected chi connectivity index (χ3v) is 7.38. The lowest BCUT2D eigenvalue weighted by atomic mass is 9.89. The van der Waals surface area contributed by atoms with Gasteiger partial charge in [0, 0.05) is 17.5 Å². The van der Waals surface area contributed by atoms with E-state index in [0.717, 1.165) is 28.0 Å². The molecule has 4 rings (SSSR count). The Bertz CT molecular complexity index is 1350. The van der Waals surface area contributed by atoms with Gasteiger partial charge in [0.1, 0.15) is 11.4 Å². The normalized spacial score (nSPS) is 16.7. The van der Waals surface area contributed by atoms with Crippen LogP contribution in [-0.2, 0) is 16.6 Å². The number of amides is 1. The molecule has 3 aromatic carbocycles. The van der Waals surface area contributed by atoms with Gasteiger partial charge in [0.05, 0.1) is 24.5 Å². The van der Waals surface area contributed by atoms with Gasteiger partial charge in [-0.3, -0.25) is 9.10 Å². The Labute approximate surface area is 208 Å². The van der Waals surface area contributed by atoms with Gasteiger partial charge in [-0.05, 0) is 68.7 Å². The predicted octanol–water partition coefficient (Wildman–Crippen LogP) is 5.30. The fourth-order valence-electron chi connectivity index (χ4n) is 4.47. The number of benzene rings is 3. The fraction of sp³-hybridized carbons (Fsp3) is 0.321. The van der Waals surface area contributed by atoms with Crippen LogP contribution in [0.2, 0.25) is 0 Å². The maximum Gasteiger partial charge on any atom is 0.251 e. The van der Waals surface area contributed by atoms with Crippen molar-refractivity contribution in [2.24, 2.45) is 0 Å². The Morgan fingerprint density at radius 2 is 1.74 bits per heavy atom. The summed E-state index contributed by atoms with van der Waals surface area (Å²) in [6.45, 7) is 8.05. The number of carbonyl (C=O) groups is 1. The van der Waals surface area contributed by atoms with E-state index in [1.807, 2.05) is 70.2 Å². The fourth-order valence-corrected chi connectivity index (χ4v) is 5.41. The predicted molar refractivity (Wildman–Crippen MR) is 139 cm³/mol. The summed E-state index contributed by atoms with van der Waals surface area (Å²) < 4.78 is 32.7. The summed E-state index contributed by atoms with van der Waals surface area (Å²) in [5.74, 6) is 0.611. The summed E-state index contributed by atoms with van der Waals surface area (Å²) in [4.78, 5) is 13.1. The molecule has 6 nitrogen and oxygen atoms in total. The van der Waals surface area contributed by atoms with Gasteiger partial charge >= 0.3 is 0 Å². The van der Waals surface area contributed by atoms with Crippen molar-refractivity contribution in [3.05, 3.63) is 94.5 Å². The van der Waals surface area contributed by atoms with E-state index >= 15 is 0 Å². The third-order valence-electron chi connectivity index (χ3n) is 6.26. The minimum absolute atomic E-state index is 0.160. The molecular weight excluding hydrogens is 460 g/mol. The maximum absolute atomic E-state index is 13.1. The smallest absolute Gasteiger partial charge is 0.251 e. The van der Waals surface area contributed by atoms with Gasteiger partial charge in [-0.15, -0.1) is 0 Å². The Hall–Kier alpha value is -3.32. The van der Waals surface area contributed by atoms with Crippen LogP contribution >= 0.6 is 0 Å². The SMILES string of the molecule is Cc1ccc(C)c(N(Cc2ccc(C(=O)NC3CC(C)(C)Oc4ccccc43)cc2)S(C)(=O)=O)c1. The number of fused-ring (bicyclic) bond motifs is 1. The van der Waals surface area contributed by atoms with Crippen LogP contribution in [0.3, 0.4) is 0 Å². The molecule has 1 aliphatic heterocycles. The number of sulfonamides is 1. The van der Waals surface area contributed by atoms with Crippen molar-refractivity contribution in [3.8, 4) is 5.75 Å². The highest BCUT2D eigenvalue weighted by Crippen LogP contribution is 2.39. The van der Waals surface area contributed by atoms with E-state index in [2.05, 4.69) is 5.32 Å². The van der Waals surface area contributed by atoms with Crippen LogP contribution < -0.4 is 14.4 Å². The third kappa shape index (κ3) is 5.68. The van der Waals surface area contributed by atoms with Crippen molar-refractivity contribution < 1.29 is 17.9 Å². The summed E-state index contributed by atoms with van der Waals surface area (Å²) in [6, 6.07) is 20.5. The molecule has 184 valence electrons. The average molecular weight is 493 g/mol. The standard InChI is InChI=1S/C28H32N2O4S/c1-19-10-11-20(2)25(16-19)30(35(5,32)33)18-21-12-14-22(15-13-21)27(31)29-24-17-28(3,4)34-26-9-7-6-8-23(24)26/h6-16,24H,17-18H2,1-5H3,(H,29,31). The molecule has 1 N–H and O–H groups in total. The lowest BCUT2D eigenvalue weighted by molar-refractivity contribution is 0.0619. The molecule has 0 radical (unpaired) electrons. The molecule has 1 heterocycles. The molecular formula is C28H32N2O4S. The summed E-state index contributed by atoms with van der Waals surface area (Å²) >= 11 is 0. The number of nitrogens with one attached hydrogen (secondary N) is 1. The second-order valence-corrected chi connectivity index (χ2v) is 11.8. The van der Waals surface area contributed by atoms with Crippen LogP contribution in [0.5, 0.6) is 5.75 Å². The van der Waals surface area contributed by atoms with Gasteiger partial charge in [0.15, 0.2) is 0 Å². The molecule has 1 aliphatic rings. The first-order valence-electron chi connectivity index (χ1n) is 11.7. The van der Waals surface area contributed by atoms with Crippen LogP contribution in [0.25, 0.3) is 0 Å². The zero-order valence-corrected chi connectivity index (χ0v) is 21.6. The monoisotopic (exact) mass is 492 g/mol. The van der Waals surface area contributed by atoms with Crippen LogP contribution in [0, 0.1) is 13.8 Å². The quantitative estimate of drug-likeness (QED) is 0.507. The summed E-state index contributed by atoms with van der Waals surface area (Å²) in [5.41, 5.74) is 4.43. The number of hydrogen-bond acceptors (Lipinski definition) is 4. The molecule has 0 saturated carbocycles. The molecule has 0 fully saturated rings. The molecule has 3 aromatic rings. The van der Waals surface area contributed by atoms with Gasteiger partial charge in [-0.2, -0.15) is 0 Å². The molecule has 0 aliphatic carbocycles. The van der Waals surface area contributed by atoms with Crippen molar-refractivity contribution >= 4 is 21.6 Å². The highest BCUT2D eigenvalue weighted by molar-refractivity contribution is 7.92. The number of anilines is 1. The molecule has 1 atom stereocenters. The minimum atomic E-state index is -3.50. The molecule has 0 aromatic heterocycles. The lowest BCUT2D eigenvalue weighted by Crippen LogP contribution is -2.41. The molecule has 1 amide bonds. The average Bonchev–Trinajstić information content (AvgIpc) is 2.78. The summed E-state index contributed by atoms with van der Waals surface area (Å²) in [7, 11) is -3.50. The zero-order chi connectivity index (χ0) is 25.4. The number of para-hydroxylation sites is 1. The van der Waals surface area contributed by atoms with Crippen LogP contribution in [0.15, 0.2) is 66.7 Å². The van der Waals surface area contributed by atoms with Gasteiger partial charge in [-0.1, -0.05) is 42.5 Å². The topological polar surface area (TPSA) is 75.7 Å². The first kappa shape index (κ1) is 24.8. The van der Waals surface area contributed by atoms with Crippen molar-refractivity contribution in [3.63, 3.8) is 0 Å². The maximum atomic E-state index is 13.1. The Morgan fingerprint density at radius 1 is 1.06 bits per heavy atom. The summed E-state index contributed by atoms with van der Waals surface area (Å²) in [6.07, 6.45) is 1.87. The number of carbonyl (C=O) groups excluding carboxylic acids is 1. The van der Waals surface area contributed by atoms with E-state index < -0.39 is 10.0 Å². The lowest BCUT2D eigenvalue weighted by Gasteiger charge is -2.37. The second kappa shape index (κ2) is 9.38. The van der Waals surface area contributed by atoms with Gasteiger partial charge in [0.25, 0.3) is 5.91 Å². The molecule has 7 heteroatoms. The molecule has 1 unspecified atom stereocenters. The van der Waals surface area contributed by atoms with Gasteiger partial charge in [-0.25, -0.2) is 8.42 Å². The van der Waals surface area contributed by atoms with Crippen molar-refractivity contribution in [1.82, 2.24) is 5.32 Å². The molecule has 0 spiro atoms. The van der Waals surface area contributed by atoms with E-state index in [1.54, 1.807) is 24.3 Å². The molecule has 0 saturated heterocycles. The first-order chi connectivity index (χ1) is 16.4. The number of aryl methyl sites for hydroxylation is 2.